The predicted octanol–water partition coefficient (Wildman–Crippen LogP) is 3.57. The minimum atomic E-state index is -0.539. The monoisotopic (exact) mass is 447 g/mol. The number of amides is 1. The van der Waals surface area contributed by atoms with Gasteiger partial charge in [0.25, 0.3) is 5.56 Å². The zero-order valence-corrected chi connectivity index (χ0v) is 18.3. The van der Waals surface area contributed by atoms with Gasteiger partial charge in [-0.1, -0.05) is 42.5 Å². The number of carbonyl (C=O) groups excluding carboxylic acids is 2. The highest BCUT2D eigenvalue weighted by Crippen LogP contribution is 2.27. The summed E-state index contributed by atoms with van der Waals surface area (Å²) >= 11 is 1.41. The fraction of sp³-hybridized carbons (Fsp3) is 0.250. The van der Waals surface area contributed by atoms with Gasteiger partial charge in [-0.3, -0.25) is 18.8 Å². The lowest BCUT2D eigenvalue weighted by molar-refractivity contribution is -0.149. The van der Waals surface area contributed by atoms with Crippen LogP contribution in [0.1, 0.15) is 24.6 Å². The predicted molar refractivity (Wildman–Crippen MR) is 123 cm³/mol. The summed E-state index contributed by atoms with van der Waals surface area (Å²) in [6, 6.07) is 16.8. The number of thiazole rings is 1. The van der Waals surface area contributed by atoms with E-state index in [0.29, 0.717) is 10.7 Å². The number of nitrogens with zero attached hydrogens (tertiary/aromatic N) is 3. The van der Waals surface area contributed by atoms with Crippen LogP contribution >= 0.6 is 11.3 Å². The average Bonchev–Trinajstić information content (AvgIpc) is 3.38. The molecule has 5 rings (SSSR count). The molecule has 0 spiro atoms. The van der Waals surface area contributed by atoms with E-state index in [1.54, 1.807) is 9.30 Å². The summed E-state index contributed by atoms with van der Waals surface area (Å²) in [5, 5.41) is 0. The van der Waals surface area contributed by atoms with Gasteiger partial charge < -0.3 is 9.64 Å². The first kappa shape index (κ1) is 20.4. The van der Waals surface area contributed by atoms with Gasteiger partial charge in [-0.25, -0.2) is 4.98 Å². The van der Waals surface area contributed by atoms with Crippen LogP contribution in [0.25, 0.3) is 15.2 Å². The Balaban J connectivity index is 1.28. The van der Waals surface area contributed by atoms with E-state index in [2.05, 4.69) is 11.9 Å². The lowest BCUT2D eigenvalue weighted by Crippen LogP contribution is -2.26. The molecule has 8 heteroatoms. The van der Waals surface area contributed by atoms with Crippen molar-refractivity contribution >= 4 is 44.1 Å². The SMILES string of the molecule is CCc1ccc(N2CC(C(=O)OCc3cc(=O)n4c(n3)sc3ccccc34)CC2=O)cc1. The van der Waals surface area contributed by atoms with E-state index in [1.807, 2.05) is 48.5 Å². The standard InChI is InChI=1S/C24H21N3O4S/c1-2-15-7-9-18(10-8-15)26-13-16(11-21(26)28)23(30)31-14-17-12-22(29)27-19-5-3-4-6-20(19)32-24(27)25-17/h3-10,12,16H,2,11,13-14H2,1H3. The molecule has 1 unspecified atom stereocenters. The molecule has 32 heavy (non-hydrogen) atoms. The van der Waals surface area contributed by atoms with Gasteiger partial charge in [-0.05, 0) is 36.2 Å². The molecule has 162 valence electrons. The van der Waals surface area contributed by atoms with Gasteiger partial charge in [-0.2, -0.15) is 0 Å². The maximum atomic E-state index is 12.6. The number of aromatic nitrogens is 2. The van der Waals surface area contributed by atoms with Crippen molar-refractivity contribution in [1.29, 1.82) is 0 Å². The summed E-state index contributed by atoms with van der Waals surface area (Å²) < 4.78 is 7.95. The van der Waals surface area contributed by atoms with Crippen LogP contribution in [0.4, 0.5) is 5.69 Å². The first-order valence-corrected chi connectivity index (χ1v) is 11.3. The fourth-order valence-electron chi connectivity index (χ4n) is 3.99. The molecule has 7 nitrogen and oxygen atoms in total. The molecule has 3 heterocycles. The maximum absolute atomic E-state index is 12.6. The Labute approximate surface area is 187 Å². The van der Waals surface area contributed by atoms with Crippen LogP contribution in [0, 0.1) is 5.92 Å². The minimum Gasteiger partial charge on any atom is -0.459 e. The lowest BCUT2D eigenvalue weighted by Gasteiger charge is -2.17. The molecule has 4 aromatic rings. The molecule has 1 atom stereocenters. The van der Waals surface area contributed by atoms with Crippen LogP contribution in [0.15, 0.2) is 59.4 Å². The second-order valence-electron chi connectivity index (χ2n) is 7.81. The number of carbonyl (C=O) groups is 2. The minimum absolute atomic E-state index is 0.0979. The van der Waals surface area contributed by atoms with E-state index < -0.39 is 11.9 Å². The summed E-state index contributed by atoms with van der Waals surface area (Å²) in [6.45, 7) is 2.26. The van der Waals surface area contributed by atoms with Gasteiger partial charge in [0, 0.05) is 24.7 Å². The number of esters is 1. The second kappa shape index (κ2) is 8.20. The summed E-state index contributed by atoms with van der Waals surface area (Å²) in [5.41, 5.74) is 2.97. The number of hydrogen-bond donors (Lipinski definition) is 0. The van der Waals surface area contributed by atoms with E-state index in [-0.39, 0.29) is 31.0 Å². The van der Waals surface area contributed by atoms with Crippen LogP contribution in [-0.4, -0.2) is 27.8 Å². The van der Waals surface area contributed by atoms with Crippen LogP contribution in [-0.2, 0) is 27.4 Å². The van der Waals surface area contributed by atoms with Gasteiger partial charge in [-0.15, -0.1) is 0 Å². The third-order valence-electron chi connectivity index (χ3n) is 5.73. The molecular weight excluding hydrogens is 426 g/mol. The summed E-state index contributed by atoms with van der Waals surface area (Å²) in [4.78, 5) is 44.4. The van der Waals surface area contributed by atoms with Crippen molar-refractivity contribution < 1.29 is 14.3 Å². The Hall–Kier alpha value is -3.52. The lowest BCUT2D eigenvalue weighted by atomic mass is 10.1. The molecule has 2 aromatic heterocycles. The number of rotatable bonds is 5. The number of fused-ring (bicyclic) bond motifs is 3. The number of benzene rings is 2. The molecule has 2 aromatic carbocycles. The Bertz CT molecular complexity index is 1390. The number of hydrogen-bond acceptors (Lipinski definition) is 6. The van der Waals surface area contributed by atoms with Gasteiger partial charge in [0.15, 0.2) is 4.96 Å². The smallest absolute Gasteiger partial charge is 0.311 e. The third-order valence-corrected chi connectivity index (χ3v) is 6.75. The van der Waals surface area contributed by atoms with Crippen molar-refractivity contribution in [3.05, 3.63) is 76.2 Å². The molecule has 0 bridgehead atoms. The van der Waals surface area contributed by atoms with Crippen LogP contribution in [0.2, 0.25) is 0 Å². The van der Waals surface area contributed by atoms with Crippen LogP contribution in [0.5, 0.6) is 0 Å². The number of ether oxygens (including phenoxy) is 1. The highest BCUT2D eigenvalue weighted by Gasteiger charge is 2.36. The van der Waals surface area contributed by atoms with Crippen molar-refractivity contribution in [2.24, 2.45) is 5.92 Å². The van der Waals surface area contributed by atoms with E-state index in [4.69, 9.17) is 4.74 Å². The van der Waals surface area contributed by atoms with Gasteiger partial charge >= 0.3 is 5.97 Å². The Morgan fingerprint density at radius 3 is 2.72 bits per heavy atom. The zero-order chi connectivity index (χ0) is 22.2. The Morgan fingerprint density at radius 2 is 1.94 bits per heavy atom. The second-order valence-corrected chi connectivity index (χ2v) is 8.82. The first-order chi connectivity index (χ1) is 15.5. The van der Waals surface area contributed by atoms with Crippen LogP contribution < -0.4 is 10.5 Å². The molecule has 1 fully saturated rings. The largest absolute Gasteiger partial charge is 0.459 e. The van der Waals surface area contributed by atoms with E-state index in [1.165, 1.54) is 23.0 Å². The van der Waals surface area contributed by atoms with Gasteiger partial charge in [0.2, 0.25) is 5.91 Å². The van der Waals surface area contributed by atoms with E-state index >= 15 is 0 Å². The zero-order valence-electron chi connectivity index (χ0n) is 17.5. The third kappa shape index (κ3) is 3.67. The van der Waals surface area contributed by atoms with Gasteiger partial charge in [0.1, 0.15) is 6.61 Å². The molecule has 0 N–H and O–H groups in total. The van der Waals surface area contributed by atoms with Crippen molar-refractivity contribution in [1.82, 2.24) is 9.38 Å². The molecule has 0 radical (unpaired) electrons. The molecule has 1 saturated heterocycles. The number of aryl methyl sites for hydroxylation is 1. The summed E-state index contributed by atoms with van der Waals surface area (Å²) in [7, 11) is 0. The first-order valence-electron chi connectivity index (χ1n) is 10.5. The molecule has 1 amide bonds. The van der Waals surface area contributed by atoms with Gasteiger partial charge in [0.05, 0.1) is 21.8 Å². The molecule has 0 saturated carbocycles. The topological polar surface area (TPSA) is 81.0 Å². The van der Waals surface area contributed by atoms with Crippen molar-refractivity contribution in [2.75, 3.05) is 11.4 Å². The van der Waals surface area contributed by atoms with Crippen molar-refractivity contribution in [3.63, 3.8) is 0 Å². The van der Waals surface area contributed by atoms with E-state index in [0.717, 1.165) is 22.3 Å². The highest BCUT2D eigenvalue weighted by atomic mass is 32.1. The van der Waals surface area contributed by atoms with E-state index in [9.17, 15) is 14.4 Å². The number of para-hydroxylation sites is 1. The Kier molecular flexibility index (Phi) is 5.22. The highest BCUT2D eigenvalue weighted by molar-refractivity contribution is 7.23. The number of anilines is 1. The molecular formula is C24H21N3O4S. The molecule has 1 aliphatic heterocycles. The quantitative estimate of drug-likeness (QED) is 0.437. The Morgan fingerprint density at radius 1 is 1.16 bits per heavy atom. The average molecular weight is 448 g/mol. The van der Waals surface area contributed by atoms with Crippen molar-refractivity contribution in [2.45, 2.75) is 26.4 Å². The van der Waals surface area contributed by atoms with Crippen LogP contribution in [0.3, 0.4) is 0 Å². The maximum Gasteiger partial charge on any atom is 0.311 e. The van der Waals surface area contributed by atoms with Crippen molar-refractivity contribution in [3.8, 4) is 0 Å². The molecule has 1 aliphatic rings. The molecule has 0 aliphatic carbocycles. The summed E-state index contributed by atoms with van der Waals surface area (Å²) in [6.07, 6.45) is 1.04. The fourth-order valence-corrected chi connectivity index (χ4v) is 5.04. The summed E-state index contributed by atoms with van der Waals surface area (Å²) in [5.74, 6) is -1.09. The normalized spacial score (nSPS) is 16.2.